The van der Waals surface area contributed by atoms with E-state index in [0.717, 1.165) is 28.8 Å². The lowest BCUT2D eigenvalue weighted by Crippen LogP contribution is -2.40. The number of rotatable bonds is 8. The van der Waals surface area contributed by atoms with Gasteiger partial charge in [-0.2, -0.15) is 0 Å². The molecule has 27 heavy (non-hydrogen) atoms. The molecule has 0 spiro atoms. The van der Waals surface area contributed by atoms with E-state index in [1.165, 1.54) is 18.3 Å². The Hall–Kier alpha value is -1.70. The Morgan fingerprint density at radius 1 is 1.44 bits per heavy atom. The van der Waals surface area contributed by atoms with E-state index in [1.807, 2.05) is 25.1 Å². The summed E-state index contributed by atoms with van der Waals surface area (Å²) in [6.07, 6.45) is 2.23. The Labute approximate surface area is 163 Å². The van der Waals surface area contributed by atoms with E-state index in [-0.39, 0.29) is 18.1 Å². The van der Waals surface area contributed by atoms with Crippen LogP contribution in [0.4, 0.5) is 0 Å². The summed E-state index contributed by atoms with van der Waals surface area (Å²) >= 11 is 1.50. The summed E-state index contributed by atoms with van der Waals surface area (Å²) in [5.41, 5.74) is -0.0434. The zero-order chi connectivity index (χ0) is 19.6. The molecule has 1 heterocycles. The van der Waals surface area contributed by atoms with Crippen LogP contribution in [0.3, 0.4) is 0 Å². The predicted molar refractivity (Wildman–Crippen MR) is 106 cm³/mol. The molecule has 1 saturated carbocycles. The maximum Gasteiger partial charge on any atom is 0.217 e. The van der Waals surface area contributed by atoms with Crippen molar-refractivity contribution >= 4 is 27.5 Å². The summed E-state index contributed by atoms with van der Waals surface area (Å²) in [4.78, 5) is 15.5. The molecule has 1 amide bonds. The maximum absolute atomic E-state index is 11.0. The molecule has 1 aromatic heterocycles. The van der Waals surface area contributed by atoms with Gasteiger partial charge in [0.25, 0.3) is 0 Å². The SMILES string of the molecule is CC(=O)N[C@@H](C)COC1CC(COc2ccc3nc(C(C)(C)O)sc3c2)C1. The van der Waals surface area contributed by atoms with Crippen LogP contribution in [0.2, 0.25) is 0 Å². The monoisotopic (exact) mass is 392 g/mol. The fourth-order valence-corrected chi connectivity index (χ4v) is 4.08. The van der Waals surface area contributed by atoms with Gasteiger partial charge in [-0.05, 0) is 57.7 Å². The van der Waals surface area contributed by atoms with Gasteiger partial charge in [0, 0.05) is 13.0 Å². The van der Waals surface area contributed by atoms with Gasteiger partial charge in [0.2, 0.25) is 5.91 Å². The van der Waals surface area contributed by atoms with Crippen molar-refractivity contribution < 1.29 is 19.4 Å². The number of aliphatic hydroxyl groups is 1. The number of aromatic nitrogens is 1. The second-order valence-electron chi connectivity index (χ2n) is 7.91. The lowest BCUT2D eigenvalue weighted by atomic mass is 9.83. The maximum atomic E-state index is 11.0. The Bertz CT molecular complexity index is 793. The number of nitrogens with zero attached hydrogens (tertiary/aromatic N) is 1. The van der Waals surface area contributed by atoms with Gasteiger partial charge < -0.3 is 19.9 Å². The lowest BCUT2D eigenvalue weighted by molar-refractivity contribution is -0.120. The van der Waals surface area contributed by atoms with Crippen molar-refractivity contribution in [2.24, 2.45) is 5.92 Å². The predicted octanol–water partition coefficient (Wildman–Crippen LogP) is 3.22. The Balaban J connectivity index is 1.43. The standard InChI is InChI=1S/C20H28N2O4S/c1-12(21-13(2)23)10-25-16-7-14(8-16)11-26-15-5-6-17-18(9-15)27-19(22-17)20(3,4)24/h5-6,9,12,14,16,24H,7-8,10-11H2,1-4H3,(H,21,23)/t12-,14?,16?/m0/s1. The van der Waals surface area contributed by atoms with Crippen LogP contribution in [0.5, 0.6) is 5.75 Å². The van der Waals surface area contributed by atoms with Crippen molar-refractivity contribution in [3.05, 3.63) is 23.2 Å². The quantitative estimate of drug-likeness (QED) is 0.721. The highest BCUT2D eigenvalue weighted by Crippen LogP contribution is 2.34. The van der Waals surface area contributed by atoms with Gasteiger partial charge in [-0.15, -0.1) is 11.3 Å². The van der Waals surface area contributed by atoms with Gasteiger partial charge >= 0.3 is 0 Å². The van der Waals surface area contributed by atoms with E-state index in [9.17, 15) is 9.90 Å². The second-order valence-corrected chi connectivity index (χ2v) is 8.94. The summed E-state index contributed by atoms with van der Waals surface area (Å²) in [5, 5.41) is 13.6. The number of carbonyl (C=O) groups excluding carboxylic acids is 1. The van der Waals surface area contributed by atoms with E-state index >= 15 is 0 Å². The third-order valence-corrected chi connectivity index (χ3v) is 5.92. The highest BCUT2D eigenvalue weighted by molar-refractivity contribution is 7.18. The molecule has 2 aromatic rings. The summed E-state index contributed by atoms with van der Waals surface area (Å²) in [5.74, 6) is 1.30. The van der Waals surface area contributed by atoms with E-state index in [0.29, 0.717) is 24.1 Å². The molecule has 1 aromatic carbocycles. The molecule has 148 valence electrons. The fraction of sp³-hybridized carbons (Fsp3) is 0.600. The van der Waals surface area contributed by atoms with Crippen LogP contribution in [0.25, 0.3) is 10.2 Å². The van der Waals surface area contributed by atoms with Crippen LogP contribution in [0.15, 0.2) is 18.2 Å². The zero-order valence-electron chi connectivity index (χ0n) is 16.3. The van der Waals surface area contributed by atoms with E-state index in [4.69, 9.17) is 9.47 Å². The van der Waals surface area contributed by atoms with Crippen molar-refractivity contribution in [1.29, 1.82) is 0 Å². The number of amides is 1. The molecule has 3 rings (SSSR count). The van der Waals surface area contributed by atoms with Crippen LogP contribution in [-0.2, 0) is 15.1 Å². The molecule has 6 nitrogen and oxygen atoms in total. The average Bonchev–Trinajstić information content (AvgIpc) is 2.95. The Morgan fingerprint density at radius 2 is 2.19 bits per heavy atom. The summed E-state index contributed by atoms with van der Waals surface area (Å²) in [7, 11) is 0. The number of benzene rings is 1. The first-order valence-corrected chi connectivity index (χ1v) is 10.2. The third kappa shape index (κ3) is 5.40. The molecular weight excluding hydrogens is 364 g/mol. The van der Waals surface area contributed by atoms with E-state index in [2.05, 4.69) is 10.3 Å². The number of fused-ring (bicyclic) bond motifs is 1. The molecule has 1 aliphatic carbocycles. The molecule has 1 atom stereocenters. The molecular formula is C20H28N2O4S. The van der Waals surface area contributed by atoms with Gasteiger partial charge in [-0.1, -0.05) is 0 Å². The lowest BCUT2D eigenvalue weighted by Gasteiger charge is -2.35. The highest BCUT2D eigenvalue weighted by Gasteiger charge is 2.30. The number of thiazole rings is 1. The highest BCUT2D eigenvalue weighted by atomic mass is 32.1. The van der Waals surface area contributed by atoms with Crippen molar-refractivity contribution in [2.75, 3.05) is 13.2 Å². The second kappa shape index (κ2) is 8.12. The van der Waals surface area contributed by atoms with Gasteiger partial charge in [0.15, 0.2) is 0 Å². The molecule has 0 aliphatic heterocycles. The number of nitrogens with one attached hydrogen (secondary N) is 1. The zero-order valence-corrected chi connectivity index (χ0v) is 17.1. The number of carbonyl (C=O) groups is 1. The normalized spacial score (nSPS) is 20.9. The molecule has 0 radical (unpaired) electrons. The van der Waals surface area contributed by atoms with Crippen molar-refractivity contribution in [2.45, 2.75) is 58.3 Å². The number of hydrogen-bond acceptors (Lipinski definition) is 6. The van der Waals surface area contributed by atoms with Crippen LogP contribution in [0, 0.1) is 5.92 Å². The van der Waals surface area contributed by atoms with Crippen LogP contribution in [0.1, 0.15) is 45.5 Å². The van der Waals surface area contributed by atoms with Gasteiger partial charge in [-0.25, -0.2) is 4.98 Å². The largest absolute Gasteiger partial charge is 0.493 e. The van der Waals surface area contributed by atoms with Gasteiger partial charge in [-0.3, -0.25) is 4.79 Å². The first-order valence-electron chi connectivity index (χ1n) is 9.35. The molecule has 7 heteroatoms. The minimum absolute atomic E-state index is 0.0291. The molecule has 1 fully saturated rings. The topological polar surface area (TPSA) is 80.7 Å². The Kier molecular flexibility index (Phi) is 6.03. The molecule has 2 N–H and O–H groups in total. The number of ether oxygens (including phenoxy) is 2. The Morgan fingerprint density at radius 3 is 2.85 bits per heavy atom. The van der Waals surface area contributed by atoms with E-state index < -0.39 is 5.60 Å². The number of hydrogen-bond donors (Lipinski definition) is 2. The third-order valence-electron chi connectivity index (χ3n) is 4.59. The first-order chi connectivity index (χ1) is 12.7. The van der Waals surface area contributed by atoms with Crippen molar-refractivity contribution in [3.63, 3.8) is 0 Å². The molecule has 0 bridgehead atoms. The van der Waals surface area contributed by atoms with Crippen LogP contribution < -0.4 is 10.1 Å². The van der Waals surface area contributed by atoms with Crippen molar-refractivity contribution in [3.8, 4) is 5.75 Å². The minimum Gasteiger partial charge on any atom is -0.493 e. The van der Waals surface area contributed by atoms with Gasteiger partial charge in [0.1, 0.15) is 16.4 Å². The minimum atomic E-state index is -0.927. The average molecular weight is 393 g/mol. The summed E-state index contributed by atoms with van der Waals surface area (Å²) in [6.45, 7) is 8.16. The van der Waals surface area contributed by atoms with Crippen LogP contribution >= 0.6 is 11.3 Å². The first kappa shape index (κ1) is 20.0. The summed E-state index contributed by atoms with van der Waals surface area (Å²) in [6, 6.07) is 5.90. The fourth-order valence-electron chi connectivity index (χ4n) is 3.09. The smallest absolute Gasteiger partial charge is 0.217 e. The molecule has 1 aliphatic rings. The van der Waals surface area contributed by atoms with E-state index in [1.54, 1.807) is 13.8 Å². The summed E-state index contributed by atoms with van der Waals surface area (Å²) < 4.78 is 12.8. The molecule has 0 unspecified atom stereocenters. The van der Waals surface area contributed by atoms with Crippen LogP contribution in [-0.4, -0.2) is 41.4 Å². The van der Waals surface area contributed by atoms with Crippen molar-refractivity contribution in [1.82, 2.24) is 10.3 Å². The molecule has 0 saturated heterocycles. The van der Waals surface area contributed by atoms with Gasteiger partial charge in [0.05, 0.1) is 29.5 Å².